The van der Waals surface area contributed by atoms with Crippen LogP contribution in [0.4, 0.5) is 17.1 Å². The van der Waals surface area contributed by atoms with E-state index in [4.69, 9.17) is 5.73 Å². The van der Waals surface area contributed by atoms with Crippen molar-refractivity contribution >= 4 is 17.1 Å². The van der Waals surface area contributed by atoms with Crippen LogP contribution in [-0.2, 0) is 0 Å². The summed E-state index contributed by atoms with van der Waals surface area (Å²) in [6.45, 7) is 3.20. The molecule has 1 aromatic rings. The number of nitrogens with two attached hydrogens (primary N) is 1. The Morgan fingerprint density at radius 3 is 3.08 bits per heavy atom. The minimum Gasteiger partial charge on any atom is -0.399 e. The van der Waals surface area contributed by atoms with Gasteiger partial charge in [0, 0.05) is 25.3 Å². The second kappa shape index (κ2) is 2.83. The van der Waals surface area contributed by atoms with Crippen molar-refractivity contribution in [3.05, 3.63) is 18.2 Å². The van der Waals surface area contributed by atoms with E-state index in [0.29, 0.717) is 6.04 Å². The Morgan fingerprint density at radius 2 is 2.31 bits per heavy atom. The zero-order chi connectivity index (χ0) is 9.42. The number of benzene rings is 1. The highest BCUT2D eigenvalue weighted by molar-refractivity contribution is 5.75. The van der Waals surface area contributed by atoms with Crippen LogP contribution in [0.2, 0.25) is 0 Å². The maximum Gasteiger partial charge on any atom is 0.0620 e. The lowest BCUT2D eigenvalue weighted by molar-refractivity contribution is 0.738. The van der Waals surface area contributed by atoms with Crippen LogP contribution < -0.4 is 16.0 Å². The van der Waals surface area contributed by atoms with Gasteiger partial charge in [0.1, 0.15) is 0 Å². The van der Waals surface area contributed by atoms with Gasteiger partial charge in [-0.05, 0) is 25.1 Å². The lowest BCUT2D eigenvalue weighted by Crippen LogP contribution is -2.37. The Morgan fingerprint density at radius 1 is 1.54 bits per heavy atom. The molecule has 13 heavy (non-hydrogen) atoms. The van der Waals surface area contributed by atoms with Crippen LogP contribution in [0.3, 0.4) is 0 Å². The predicted octanol–water partition coefficient (Wildman–Crippen LogP) is 1.52. The fourth-order valence-corrected chi connectivity index (χ4v) is 1.81. The Bertz CT molecular complexity index is 322. The predicted molar refractivity (Wildman–Crippen MR) is 57.2 cm³/mol. The third-order valence-electron chi connectivity index (χ3n) is 2.38. The minimum atomic E-state index is 0.501. The first-order valence-electron chi connectivity index (χ1n) is 4.54. The first kappa shape index (κ1) is 8.23. The molecule has 1 aromatic carbocycles. The standard InChI is InChI=1S/C10H15N3/c1-7-6-13(2)10-5-8(11)3-4-9(10)12-7/h3-5,7,12H,6,11H2,1-2H3. The molecule has 1 aliphatic heterocycles. The van der Waals surface area contributed by atoms with E-state index >= 15 is 0 Å². The minimum absolute atomic E-state index is 0.501. The molecule has 3 nitrogen and oxygen atoms in total. The summed E-state index contributed by atoms with van der Waals surface area (Å²) in [6, 6.07) is 6.48. The van der Waals surface area contributed by atoms with Gasteiger partial charge in [-0.15, -0.1) is 0 Å². The number of nitrogens with one attached hydrogen (secondary N) is 1. The SMILES string of the molecule is CC1CN(C)c2cc(N)ccc2N1. The number of rotatable bonds is 0. The Kier molecular flexibility index (Phi) is 1.79. The van der Waals surface area contributed by atoms with E-state index in [-0.39, 0.29) is 0 Å². The van der Waals surface area contributed by atoms with Crippen LogP contribution in [0.15, 0.2) is 18.2 Å². The van der Waals surface area contributed by atoms with E-state index in [1.165, 1.54) is 11.4 Å². The smallest absolute Gasteiger partial charge is 0.0620 e. The van der Waals surface area contributed by atoms with E-state index in [0.717, 1.165) is 12.2 Å². The number of nitrogen functional groups attached to an aromatic ring is 1. The van der Waals surface area contributed by atoms with E-state index in [1.54, 1.807) is 0 Å². The van der Waals surface area contributed by atoms with Gasteiger partial charge in [-0.2, -0.15) is 0 Å². The number of nitrogens with zero attached hydrogens (tertiary/aromatic N) is 1. The second-order valence-electron chi connectivity index (χ2n) is 3.70. The van der Waals surface area contributed by atoms with Gasteiger partial charge in [-0.25, -0.2) is 0 Å². The van der Waals surface area contributed by atoms with Gasteiger partial charge in [0.05, 0.1) is 11.4 Å². The quantitative estimate of drug-likeness (QED) is 0.590. The summed E-state index contributed by atoms with van der Waals surface area (Å²) < 4.78 is 0. The zero-order valence-corrected chi connectivity index (χ0v) is 8.04. The van der Waals surface area contributed by atoms with E-state index in [1.807, 2.05) is 18.2 Å². The number of likely N-dealkylation sites (N-methyl/N-ethyl adjacent to an activating group) is 1. The lowest BCUT2D eigenvalue weighted by Gasteiger charge is -2.33. The molecule has 1 aliphatic rings. The molecule has 0 amide bonds. The molecule has 1 heterocycles. The van der Waals surface area contributed by atoms with Crippen molar-refractivity contribution in [2.75, 3.05) is 29.5 Å². The molecule has 0 bridgehead atoms. The summed E-state index contributed by atoms with van der Waals surface area (Å²) >= 11 is 0. The Hall–Kier alpha value is -1.38. The molecule has 70 valence electrons. The van der Waals surface area contributed by atoms with Crippen LogP contribution in [-0.4, -0.2) is 19.6 Å². The lowest BCUT2D eigenvalue weighted by atomic mass is 10.1. The average molecular weight is 177 g/mol. The van der Waals surface area contributed by atoms with E-state index in [2.05, 4.69) is 24.2 Å². The maximum absolute atomic E-state index is 5.72. The first-order chi connectivity index (χ1) is 6.16. The molecule has 3 N–H and O–H groups in total. The number of hydrogen-bond donors (Lipinski definition) is 2. The van der Waals surface area contributed by atoms with Crippen molar-refractivity contribution in [1.29, 1.82) is 0 Å². The molecular weight excluding hydrogens is 162 g/mol. The number of hydrogen-bond acceptors (Lipinski definition) is 3. The van der Waals surface area contributed by atoms with Crippen molar-refractivity contribution < 1.29 is 0 Å². The molecule has 3 heteroatoms. The monoisotopic (exact) mass is 177 g/mol. The fourth-order valence-electron chi connectivity index (χ4n) is 1.81. The molecule has 2 rings (SSSR count). The highest BCUT2D eigenvalue weighted by Crippen LogP contribution is 2.31. The van der Waals surface area contributed by atoms with Crippen molar-refractivity contribution in [2.24, 2.45) is 0 Å². The molecule has 0 aliphatic carbocycles. The molecule has 0 aromatic heterocycles. The van der Waals surface area contributed by atoms with Gasteiger partial charge >= 0.3 is 0 Å². The van der Waals surface area contributed by atoms with Crippen LogP contribution in [0.25, 0.3) is 0 Å². The Balaban J connectivity index is 2.43. The van der Waals surface area contributed by atoms with E-state index < -0.39 is 0 Å². The summed E-state index contributed by atoms with van der Waals surface area (Å²) in [5.74, 6) is 0. The topological polar surface area (TPSA) is 41.3 Å². The van der Waals surface area contributed by atoms with Gasteiger partial charge in [0.15, 0.2) is 0 Å². The summed E-state index contributed by atoms with van der Waals surface area (Å²) in [7, 11) is 2.09. The molecule has 0 fully saturated rings. The Labute approximate surface area is 78.5 Å². The summed E-state index contributed by atoms with van der Waals surface area (Å²) in [4.78, 5) is 2.23. The second-order valence-corrected chi connectivity index (χ2v) is 3.70. The average Bonchev–Trinajstić information content (AvgIpc) is 2.06. The van der Waals surface area contributed by atoms with Crippen LogP contribution in [0.1, 0.15) is 6.92 Å². The van der Waals surface area contributed by atoms with Gasteiger partial charge in [0.25, 0.3) is 0 Å². The molecule has 0 saturated heterocycles. The first-order valence-corrected chi connectivity index (χ1v) is 4.54. The van der Waals surface area contributed by atoms with Crippen molar-refractivity contribution in [1.82, 2.24) is 0 Å². The van der Waals surface area contributed by atoms with Crippen LogP contribution in [0, 0.1) is 0 Å². The zero-order valence-electron chi connectivity index (χ0n) is 8.04. The largest absolute Gasteiger partial charge is 0.399 e. The van der Waals surface area contributed by atoms with E-state index in [9.17, 15) is 0 Å². The summed E-state index contributed by atoms with van der Waals surface area (Å²) in [5.41, 5.74) is 8.91. The van der Waals surface area contributed by atoms with Gasteiger partial charge < -0.3 is 16.0 Å². The highest BCUT2D eigenvalue weighted by atomic mass is 15.2. The molecule has 0 radical (unpaired) electrons. The molecule has 0 saturated carbocycles. The maximum atomic E-state index is 5.72. The van der Waals surface area contributed by atoms with Crippen LogP contribution >= 0.6 is 0 Å². The summed E-state index contributed by atoms with van der Waals surface area (Å²) in [6.07, 6.45) is 0. The number of fused-ring (bicyclic) bond motifs is 1. The third kappa shape index (κ3) is 1.41. The van der Waals surface area contributed by atoms with Crippen molar-refractivity contribution in [2.45, 2.75) is 13.0 Å². The molecular formula is C10H15N3. The normalized spacial score (nSPS) is 20.8. The molecule has 1 atom stereocenters. The van der Waals surface area contributed by atoms with Crippen LogP contribution in [0.5, 0.6) is 0 Å². The fraction of sp³-hybridized carbons (Fsp3) is 0.400. The molecule has 1 unspecified atom stereocenters. The highest BCUT2D eigenvalue weighted by Gasteiger charge is 2.17. The van der Waals surface area contributed by atoms with Gasteiger partial charge in [0.2, 0.25) is 0 Å². The summed E-state index contributed by atoms with van der Waals surface area (Å²) in [5, 5.41) is 3.42. The van der Waals surface area contributed by atoms with Gasteiger partial charge in [-0.1, -0.05) is 0 Å². The van der Waals surface area contributed by atoms with Crippen molar-refractivity contribution in [3.8, 4) is 0 Å². The molecule has 0 spiro atoms. The third-order valence-corrected chi connectivity index (χ3v) is 2.38. The van der Waals surface area contributed by atoms with Crippen molar-refractivity contribution in [3.63, 3.8) is 0 Å². The van der Waals surface area contributed by atoms with Gasteiger partial charge in [-0.3, -0.25) is 0 Å². The number of anilines is 3.